The molecule has 1 saturated heterocycles. The number of hydrogen-bond acceptors (Lipinski definition) is 3. The van der Waals surface area contributed by atoms with Crippen molar-refractivity contribution < 1.29 is 9.59 Å². The lowest BCUT2D eigenvalue weighted by Gasteiger charge is -2.56. The number of nitrogens with one attached hydrogen (secondary N) is 1. The van der Waals surface area contributed by atoms with Gasteiger partial charge in [0.15, 0.2) is 0 Å². The fraction of sp³-hybridized carbons (Fsp3) is 0.913. The summed E-state index contributed by atoms with van der Waals surface area (Å²) in [4.78, 5) is 27.6. The van der Waals surface area contributed by atoms with E-state index < -0.39 is 0 Å². The maximum Gasteiger partial charge on any atom is 0.281 e. The lowest BCUT2D eigenvalue weighted by atomic mass is 9.53. The minimum absolute atomic E-state index is 0.0999. The van der Waals surface area contributed by atoms with Gasteiger partial charge >= 0.3 is 0 Å². The van der Waals surface area contributed by atoms with Gasteiger partial charge in [-0.2, -0.15) is 0 Å². The molecule has 4 nitrogen and oxygen atoms in total. The highest BCUT2D eigenvalue weighted by Gasteiger charge is 2.51. The highest BCUT2D eigenvalue weighted by molar-refractivity contribution is 8.13. The van der Waals surface area contributed by atoms with Crippen LogP contribution in [0.5, 0.6) is 0 Å². The number of carbonyl (C=O) groups excluding carboxylic acids is 2. The summed E-state index contributed by atoms with van der Waals surface area (Å²) < 4.78 is 0. The van der Waals surface area contributed by atoms with E-state index in [4.69, 9.17) is 0 Å². The summed E-state index contributed by atoms with van der Waals surface area (Å²) in [6, 6.07) is 0.475. The van der Waals surface area contributed by atoms with Gasteiger partial charge in [0.05, 0.1) is 0 Å². The van der Waals surface area contributed by atoms with E-state index >= 15 is 0 Å². The van der Waals surface area contributed by atoms with Gasteiger partial charge in [0.1, 0.15) is 0 Å². The normalized spacial score (nSPS) is 41.6. The van der Waals surface area contributed by atoms with Gasteiger partial charge in [-0.15, -0.1) is 0 Å². The Bertz CT molecular complexity index is 584. The topological polar surface area (TPSA) is 49.4 Å². The van der Waals surface area contributed by atoms with Crippen molar-refractivity contribution >= 4 is 22.9 Å². The molecule has 0 radical (unpaired) electrons. The van der Waals surface area contributed by atoms with E-state index in [1.165, 1.54) is 82.4 Å². The molecule has 1 heterocycles. The van der Waals surface area contributed by atoms with Crippen molar-refractivity contribution in [1.29, 1.82) is 0 Å². The Morgan fingerprint density at radius 1 is 0.929 bits per heavy atom. The predicted octanol–water partition coefficient (Wildman–Crippen LogP) is 4.97. The predicted molar refractivity (Wildman–Crippen MR) is 113 cm³/mol. The third-order valence-corrected chi connectivity index (χ3v) is 9.36. The number of amides is 2. The van der Waals surface area contributed by atoms with Crippen LogP contribution in [0, 0.1) is 23.7 Å². The van der Waals surface area contributed by atoms with Crippen LogP contribution in [0.3, 0.4) is 0 Å². The first-order valence-corrected chi connectivity index (χ1v) is 12.8. The Labute approximate surface area is 173 Å². The smallest absolute Gasteiger partial charge is 0.281 e. The molecule has 28 heavy (non-hydrogen) atoms. The summed E-state index contributed by atoms with van der Waals surface area (Å²) in [6.07, 6.45) is 15.8. The lowest BCUT2D eigenvalue weighted by molar-refractivity contribution is -0.126. The van der Waals surface area contributed by atoms with Crippen LogP contribution in [0.1, 0.15) is 83.5 Å². The van der Waals surface area contributed by atoms with Crippen molar-refractivity contribution in [1.82, 2.24) is 10.2 Å². The highest BCUT2D eigenvalue weighted by Crippen LogP contribution is 2.55. The van der Waals surface area contributed by atoms with Crippen molar-refractivity contribution in [2.24, 2.45) is 23.7 Å². The molecular weight excluding hydrogens is 368 g/mol. The summed E-state index contributed by atoms with van der Waals surface area (Å²) in [5.74, 6) is 4.09. The molecule has 6 fully saturated rings. The van der Waals surface area contributed by atoms with Crippen molar-refractivity contribution in [3.63, 3.8) is 0 Å². The summed E-state index contributed by atoms with van der Waals surface area (Å²) in [5, 5.41) is 3.67. The maximum absolute atomic E-state index is 12.8. The van der Waals surface area contributed by atoms with Crippen molar-refractivity contribution in [3.8, 4) is 0 Å². The average molecular weight is 405 g/mol. The Hall–Kier alpha value is -0.710. The molecule has 0 aromatic carbocycles. The molecule has 2 amide bonds. The quantitative estimate of drug-likeness (QED) is 0.720. The van der Waals surface area contributed by atoms with E-state index in [2.05, 4.69) is 10.2 Å². The average Bonchev–Trinajstić information content (AvgIpc) is 2.66. The molecule has 0 aromatic heterocycles. The van der Waals surface area contributed by atoms with Crippen molar-refractivity contribution in [2.45, 2.75) is 95.1 Å². The Balaban J connectivity index is 1.09. The Morgan fingerprint density at radius 2 is 1.57 bits per heavy atom. The van der Waals surface area contributed by atoms with E-state index in [0.29, 0.717) is 18.2 Å². The van der Waals surface area contributed by atoms with Crippen LogP contribution >= 0.6 is 11.8 Å². The van der Waals surface area contributed by atoms with Gasteiger partial charge in [-0.25, -0.2) is 0 Å². The summed E-state index contributed by atoms with van der Waals surface area (Å²) >= 11 is 1.39. The van der Waals surface area contributed by atoms with Gasteiger partial charge in [-0.05, 0) is 87.9 Å². The second-order valence-electron chi connectivity index (χ2n) is 10.6. The molecule has 5 heteroatoms. The lowest BCUT2D eigenvalue weighted by Crippen LogP contribution is -2.59. The zero-order valence-corrected chi connectivity index (χ0v) is 18.0. The molecule has 0 spiro atoms. The highest BCUT2D eigenvalue weighted by atomic mass is 32.2. The van der Waals surface area contributed by atoms with Crippen LogP contribution in [0.4, 0.5) is 4.79 Å². The molecule has 2 unspecified atom stereocenters. The first-order chi connectivity index (χ1) is 13.6. The van der Waals surface area contributed by atoms with Crippen LogP contribution in [0.15, 0.2) is 0 Å². The van der Waals surface area contributed by atoms with Crippen molar-refractivity contribution in [3.05, 3.63) is 0 Å². The number of thioether (sulfide) groups is 1. The molecule has 1 N–H and O–H groups in total. The second kappa shape index (κ2) is 7.85. The van der Waals surface area contributed by atoms with Crippen LogP contribution in [0.25, 0.3) is 0 Å². The molecule has 6 aliphatic rings. The number of fused-ring (bicyclic) bond motifs is 1. The number of carbonyl (C=O) groups is 2. The zero-order chi connectivity index (χ0) is 19.1. The van der Waals surface area contributed by atoms with Crippen LogP contribution in [-0.2, 0) is 4.79 Å². The molecule has 0 aromatic rings. The minimum atomic E-state index is 0.0999. The fourth-order valence-electron chi connectivity index (χ4n) is 7.79. The minimum Gasteiger partial charge on any atom is -0.351 e. The Kier molecular flexibility index (Phi) is 5.40. The van der Waals surface area contributed by atoms with E-state index in [1.807, 2.05) is 0 Å². The van der Waals surface area contributed by atoms with E-state index in [0.717, 1.165) is 36.6 Å². The van der Waals surface area contributed by atoms with Crippen LogP contribution < -0.4 is 5.32 Å². The number of nitrogens with zero attached hydrogens (tertiary/aromatic N) is 1. The molecular formula is C23H36N2O2S. The van der Waals surface area contributed by atoms with Gasteiger partial charge < -0.3 is 10.2 Å². The zero-order valence-electron chi connectivity index (χ0n) is 17.2. The van der Waals surface area contributed by atoms with E-state index in [-0.39, 0.29) is 16.7 Å². The first-order valence-electron chi connectivity index (χ1n) is 11.8. The van der Waals surface area contributed by atoms with Gasteiger partial charge in [-0.3, -0.25) is 9.59 Å². The molecule has 4 bridgehead atoms. The number of hydrogen-bond donors (Lipinski definition) is 1. The van der Waals surface area contributed by atoms with Crippen molar-refractivity contribution in [2.75, 3.05) is 12.3 Å². The fourth-order valence-corrected chi connectivity index (χ4v) is 8.64. The van der Waals surface area contributed by atoms with E-state index in [9.17, 15) is 9.59 Å². The summed E-state index contributed by atoms with van der Waals surface area (Å²) in [5.41, 5.74) is 0.0999. The molecule has 156 valence electrons. The van der Waals surface area contributed by atoms with Crippen LogP contribution in [0.2, 0.25) is 0 Å². The molecule has 5 aliphatic carbocycles. The largest absolute Gasteiger partial charge is 0.351 e. The van der Waals surface area contributed by atoms with E-state index in [1.54, 1.807) is 0 Å². The molecule has 1 aliphatic heterocycles. The first kappa shape index (κ1) is 19.3. The monoisotopic (exact) mass is 404 g/mol. The molecule has 2 atom stereocenters. The molecule has 5 saturated carbocycles. The second-order valence-corrected chi connectivity index (χ2v) is 11.6. The van der Waals surface area contributed by atoms with Gasteiger partial charge in [0.2, 0.25) is 5.91 Å². The number of rotatable bonds is 4. The van der Waals surface area contributed by atoms with Gasteiger partial charge in [0, 0.05) is 30.3 Å². The summed E-state index contributed by atoms with van der Waals surface area (Å²) in [6.45, 7) is 0.923. The van der Waals surface area contributed by atoms with Gasteiger partial charge in [0.25, 0.3) is 5.24 Å². The number of likely N-dealkylation sites (tertiary alicyclic amines) is 1. The summed E-state index contributed by atoms with van der Waals surface area (Å²) in [7, 11) is 0. The SMILES string of the molecule is O=C(CCSC(=O)N1CCCC2CCCCC21)NC12CC3CC(CC(C3)C1)C2. The molecule has 6 rings (SSSR count). The number of piperidine rings is 1. The van der Waals surface area contributed by atoms with Gasteiger partial charge in [-0.1, -0.05) is 24.6 Å². The standard InChI is InChI=1S/C23H36N2O2S/c26-21(24-23-13-16-10-17(14-23)12-18(11-16)15-23)7-9-28-22(27)25-8-3-5-19-4-1-2-6-20(19)25/h16-20H,1-15H2,(H,24,26). The third-order valence-electron chi connectivity index (χ3n) is 8.48. The maximum atomic E-state index is 12.8. The van der Waals surface area contributed by atoms with Crippen LogP contribution in [-0.4, -0.2) is 39.9 Å². The third kappa shape index (κ3) is 3.85. The Morgan fingerprint density at radius 3 is 2.29 bits per heavy atom.